The molecule has 1 saturated heterocycles. The highest BCUT2D eigenvalue weighted by molar-refractivity contribution is 5.51. The first-order chi connectivity index (χ1) is 11.3. The zero-order valence-corrected chi connectivity index (χ0v) is 13.7. The van der Waals surface area contributed by atoms with Crippen LogP contribution in [0, 0.1) is 0 Å². The van der Waals surface area contributed by atoms with Gasteiger partial charge in [-0.15, -0.1) is 0 Å². The minimum atomic E-state index is 0.933. The average Bonchev–Trinajstić information content (AvgIpc) is 2.63. The summed E-state index contributed by atoms with van der Waals surface area (Å²) in [5.74, 6) is 0.933. The number of nitrogens with zero attached hydrogens (tertiary/aromatic N) is 1. The van der Waals surface area contributed by atoms with Gasteiger partial charge in [0.05, 0.1) is 39.8 Å². The summed E-state index contributed by atoms with van der Waals surface area (Å²) in [6, 6.07) is 18.9. The molecule has 0 aromatic heterocycles. The van der Waals surface area contributed by atoms with Gasteiger partial charge in [0.25, 0.3) is 0 Å². The molecule has 3 heteroatoms. The second-order valence-corrected chi connectivity index (χ2v) is 5.96. The van der Waals surface area contributed by atoms with Crippen LogP contribution in [0.2, 0.25) is 0 Å². The molecule has 0 amide bonds. The molecular formula is C20H25N2O+. The number of quaternary nitrogens is 1. The summed E-state index contributed by atoms with van der Waals surface area (Å²) in [6.07, 6.45) is 4.52. The molecule has 3 rings (SSSR count). The molecule has 1 N–H and O–H groups in total. The summed E-state index contributed by atoms with van der Waals surface area (Å²) >= 11 is 0. The van der Waals surface area contributed by atoms with Crippen molar-refractivity contribution in [2.75, 3.05) is 44.7 Å². The molecule has 0 radical (unpaired) electrons. The van der Waals surface area contributed by atoms with E-state index in [1.54, 1.807) is 12.0 Å². The van der Waals surface area contributed by atoms with Crippen LogP contribution in [-0.2, 0) is 0 Å². The van der Waals surface area contributed by atoms with Gasteiger partial charge < -0.3 is 14.5 Å². The van der Waals surface area contributed by atoms with E-state index in [1.165, 1.54) is 24.3 Å². The van der Waals surface area contributed by atoms with Crippen LogP contribution in [0.3, 0.4) is 0 Å². The molecule has 1 fully saturated rings. The molecule has 0 spiro atoms. The van der Waals surface area contributed by atoms with Gasteiger partial charge in [-0.3, -0.25) is 0 Å². The molecule has 120 valence electrons. The quantitative estimate of drug-likeness (QED) is 0.911. The molecule has 23 heavy (non-hydrogen) atoms. The Morgan fingerprint density at radius 3 is 2.57 bits per heavy atom. The number of hydrogen-bond acceptors (Lipinski definition) is 2. The Balaban J connectivity index is 1.49. The van der Waals surface area contributed by atoms with Gasteiger partial charge in [-0.2, -0.15) is 0 Å². The maximum atomic E-state index is 5.32. The zero-order chi connectivity index (χ0) is 15.9. The van der Waals surface area contributed by atoms with E-state index >= 15 is 0 Å². The Bertz CT molecular complexity index is 631. The Hall–Kier alpha value is -2.26. The van der Waals surface area contributed by atoms with Crippen molar-refractivity contribution < 1.29 is 9.64 Å². The summed E-state index contributed by atoms with van der Waals surface area (Å²) in [7, 11) is 1.72. The topological polar surface area (TPSA) is 16.9 Å². The summed E-state index contributed by atoms with van der Waals surface area (Å²) in [5, 5.41) is 0. The third-order valence-corrected chi connectivity index (χ3v) is 4.41. The van der Waals surface area contributed by atoms with Gasteiger partial charge in [0, 0.05) is 11.8 Å². The molecule has 1 aliphatic heterocycles. The third kappa shape index (κ3) is 4.36. The molecule has 0 atom stereocenters. The fraction of sp³-hybridized carbons (Fsp3) is 0.300. The van der Waals surface area contributed by atoms with Crippen molar-refractivity contribution in [3.05, 3.63) is 66.2 Å². The van der Waals surface area contributed by atoms with Crippen LogP contribution in [0.4, 0.5) is 5.69 Å². The van der Waals surface area contributed by atoms with Gasteiger partial charge in [0.1, 0.15) is 5.75 Å². The van der Waals surface area contributed by atoms with E-state index in [9.17, 15) is 0 Å². The summed E-state index contributed by atoms with van der Waals surface area (Å²) in [5.41, 5.74) is 2.55. The molecule has 0 aliphatic carbocycles. The Labute approximate surface area is 138 Å². The highest BCUT2D eigenvalue weighted by Gasteiger charge is 2.19. The molecule has 2 aromatic carbocycles. The number of rotatable bonds is 5. The number of nitrogens with one attached hydrogen (secondary N) is 1. The minimum absolute atomic E-state index is 0.933. The second-order valence-electron chi connectivity index (χ2n) is 5.96. The fourth-order valence-corrected chi connectivity index (χ4v) is 3.02. The molecule has 0 bridgehead atoms. The van der Waals surface area contributed by atoms with Crippen molar-refractivity contribution in [2.24, 2.45) is 0 Å². The van der Waals surface area contributed by atoms with Gasteiger partial charge in [0.15, 0.2) is 0 Å². The standard InChI is InChI=1S/C20H24N2O/c1-23-20-11-5-10-19(17-20)22-15-13-21(14-16-22)12-6-9-18-7-3-2-4-8-18/h2-11,17H,12-16H2,1H3/p+1/b9-6+. The molecule has 2 aromatic rings. The first-order valence-electron chi connectivity index (χ1n) is 8.29. The predicted molar refractivity (Wildman–Crippen MR) is 96.2 cm³/mol. The van der Waals surface area contributed by atoms with Crippen LogP contribution in [0.25, 0.3) is 6.08 Å². The van der Waals surface area contributed by atoms with Crippen molar-refractivity contribution in [3.63, 3.8) is 0 Å². The van der Waals surface area contributed by atoms with Crippen molar-refractivity contribution >= 4 is 11.8 Å². The first-order valence-corrected chi connectivity index (χ1v) is 8.29. The van der Waals surface area contributed by atoms with Crippen molar-refractivity contribution in [3.8, 4) is 5.75 Å². The smallest absolute Gasteiger partial charge is 0.120 e. The maximum Gasteiger partial charge on any atom is 0.120 e. The Morgan fingerprint density at radius 1 is 1.04 bits per heavy atom. The van der Waals surface area contributed by atoms with E-state index in [1.807, 2.05) is 6.07 Å². The maximum absolute atomic E-state index is 5.32. The largest absolute Gasteiger partial charge is 0.497 e. The van der Waals surface area contributed by atoms with Gasteiger partial charge in [-0.25, -0.2) is 0 Å². The van der Waals surface area contributed by atoms with E-state index in [0.29, 0.717) is 0 Å². The third-order valence-electron chi connectivity index (χ3n) is 4.41. The van der Waals surface area contributed by atoms with Crippen LogP contribution >= 0.6 is 0 Å². The van der Waals surface area contributed by atoms with E-state index in [4.69, 9.17) is 4.74 Å². The molecule has 0 saturated carbocycles. The lowest BCUT2D eigenvalue weighted by molar-refractivity contribution is -0.894. The van der Waals surface area contributed by atoms with Crippen LogP contribution in [0.15, 0.2) is 60.7 Å². The van der Waals surface area contributed by atoms with Crippen molar-refractivity contribution in [2.45, 2.75) is 0 Å². The van der Waals surface area contributed by atoms with Gasteiger partial charge in [-0.1, -0.05) is 42.5 Å². The number of methoxy groups -OCH3 is 1. The van der Waals surface area contributed by atoms with E-state index in [-0.39, 0.29) is 0 Å². The normalized spacial score (nSPS) is 16.0. The highest BCUT2D eigenvalue weighted by atomic mass is 16.5. The number of hydrogen-bond donors (Lipinski definition) is 1. The zero-order valence-electron chi connectivity index (χ0n) is 13.7. The van der Waals surface area contributed by atoms with Gasteiger partial charge in [-0.05, 0) is 23.8 Å². The molecular weight excluding hydrogens is 284 g/mol. The van der Waals surface area contributed by atoms with Crippen LogP contribution in [-0.4, -0.2) is 39.8 Å². The molecule has 1 aliphatic rings. The number of piperazine rings is 1. The highest BCUT2D eigenvalue weighted by Crippen LogP contribution is 2.20. The number of benzene rings is 2. The molecule has 3 nitrogen and oxygen atoms in total. The second kappa shape index (κ2) is 7.84. The van der Waals surface area contributed by atoms with Crippen LogP contribution in [0.1, 0.15) is 5.56 Å². The first kappa shape index (κ1) is 15.6. The molecule has 1 heterocycles. The SMILES string of the molecule is COc1cccc(N2CC[NH+](C/C=C/c3ccccc3)CC2)c1. The lowest BCUT2D eigenvalue weighted by Crippen LogP contribution is -3.14. The van der Waals surface area contributed by atoms with Gasteiger partial charge in [0.2, 0.25) is 0 Å². The predicted octanol–water partition coefficient (Wildman–Crippen LogP) is 2.11. The molecule has 0 unspecified atom stereocenters. The van der Waals surface area contributed by atoms with E-state index in [0.717, 1.165) is 25.4 Å². The summed E-state index contributed by atoms with van der Waals surface area (Å²) < 4.78 is 5.32. The lowest BCUT2D eigenvalue weighted by atomic mass is 10.2. The fourth-order valence-electron chi connectivity index (χ4n) is 3.02. The number of ether oxygens (including phenoxy) is 1. The van der Waals surface area contributed by atoms with Gasteiger partial charge >= 0.3 is 0 Å². The summed E-state index contributed by atoms with van der Waals surface area (Å²) in [4.78, 5) is 4.10. The lowest BCUT2D eigenvalue weighted by Gasteiger charge is -2.33. The van der Waals surface area contributed by atoms with Crippen molar-refractivity contribution in [1.29, 1.82) is 0 Å². The Morgan fingerprint density at radius 2 is 1.83 bits per heavy atom. The van der Waals surface area contributed by atoms with Crippen molar-refractivity contribution in [1.82, 2.24) is 0 Å². The minimum Gasteiger partial charge on any atom is -0.497 e. The van der Waals surface area contributed by atoms with Crippen LogP contribution < -0.4 is 14.5 Å². The Kier molecular flexibility index (Phi) is 5.33. The average molecular weight is 309 g/mol. The van der Waals surface area contributed by atoms with E-state index in [2.05, 4.69) is 65.6 Å². The number of anilines is 1. The monoisotopic (exact) mass is 309 g/mol. The van der Waals surface area contributed by atoms with Crippen LogP contribution in [0.5, 0.6) is 5.75 Å². The van der Waals surface area contributed by atoms with E-state index < -0.39 is 0 Å². The summed E-state index contributed by atoms with van der Waals surface area (Å²) in [6.45, 7) is 5.65.